The minimum absolute atomic E-state index is 0.0169. The van der Waals surface area contributed by atoms with Gasteiger partial charge in [-0.3, -0.25) is 0 Å². The molecule has 0 bridgehead atoms. The largest absolute Gasteiger partial charge is 0.450 e. The van der Waals surface area contributed by atoms with E-state index >= 15 is 0 Å². The summed E-state index contributed by atoms with van der Waals surface area (Å²) < 4.78 is 51.7. The highest BCUT2D eigenvalue weighted by Crippen LogP contribution is 2.42. The van der Waals surface area contributed by atoms with Crippen molar-refractivity contribution in [2.24, 2.45) is 5.92 Å². The van der Waals surface area contributed by atoms with E-state index in [1.54, 1.807) is 16.3 Å². The third-order valence-electron chi connectivity index (χ3n) is 6.13. The Labute approximate surface area is 178 Å². The Bertz CT molecular complexity index is 938. The summed E-state index contributed by atoms with van der Waals surface area (Å²) in [7, 11) is 0. The molecule has 2 aromatic heterocycles. The number of halogens is 3. The number of alkyl halides is 3. The molecule has 0 unspecified atom stereocenters. The molecule has 31 heavy (non-hydrogen) atoms. The molecule has 1 amide bonds. The SMILES string of the molecule is CCOC(=O)N1CCO[C@H](c2cc(C)nc3cc(C4CCC(C(F)(F)F)CC4)nn23)C1. The third-order valence-corrected chi connectivity index (χ3v) is 6.13. The van der Waals surface area contributed by atoms with Gasteiger partial charge in [0.2, 0.25) is 0 Å². The number of nitrogens with zero attached hydrogens (tertiary/aromatic N) is 4. The van der Waals surface area contributed by atoms with Crippen LogP contribution in [0, 0.1) is 12.8 Å². The van der Waals surface area contributed by atoms with Crippen LogP contribution < -0.4 is 0 Å². The lowest BCUT2D eigenvalue weighted by Crippen LogP contribution is -2.43. The van der Waals surface area contributed by atoms with Crippen LogP contribution in [0.5, 0.6) is 0 Å². The van der Waals surface area contributed by atoms with Crippen LogP contribution in [0.15, 0.2) is 12.1 Å². The number of fused-ring (bicyclic) bond motifs is 1. The molecule has 0 N–H and O–H groups in total. The lowest BCUT2D eigenvalue weighted by atomic mass is 9.80. The van der Waals surface area contributed by atoms with Crippen LogP contribution in [-0.2, 0) is 9.47 Å². The van der Waals surface area contributed by atoms with E-state index in [4.69, 9.17) is 14.6 Å². The molecular weight excluding hydrogens is 413 g/mol. The number of rotatable bonds is 3. The number of aryl methyl sites for hydroxylation is 1. The first kappa shape index (κ1) is 21.9. The zero-order chi connectivity index (χ0) is 22.2. The van der Waals surface area contributed by atoms with E-state index in [9.17, 15) is 18.0 Å². The van der Waals surface area contributed by atoms with Crippen molar-refractivity contribution in [1.29, 1.82) is 0 Å². The molecule has 2 fully saturated rings. The van der Waals surface area contributed by atoms with Gasteiger partial charge in [0.1, 0.15) is 6.10 Å². The molecule has 7 nitrogen and oxygen atoms in total. The summed E-state index contributed by atoms with van der Waals surface area (Å²) in [6.45, 7) is 5.11. The van der Waals surface area contributed by atoms with Gasteiger partial charge < -0.3 is 14.4 Å². The number of amides is 1. The first-order valence-corrected chi connectivity index (χ1v) is 10.7. The van der Waals surface area contributed by atoms with E-state index < -0.39 is 18.2 Å². The van der Waals surface area contributed by atoms with Crippen molar-refractivity contribution in [2.45, 2.75) is 57.7 Å². The van der Waals surface area contributed by atoms with Gasteiger partial charge in [-0.05, 0) is 45.6 Å². The van der Waals surface area contributed by atoms with E-state index in [-0.39, 0.29) is 24.9 Å². The Hall–Kier alpha value is -2.36. The number of morpholine rings is 1. The highest BCUT2D eigenvalue weighted by Gasteiger charge is 2.42. The second-order valence-electron chi connectivity index (χ2n) is 8.26. The number of ether oxygens (including phenoxy) is 2. The number of carbonyl (C=O) groups is 1. The standard InChI is InChI=1S/C21H27F3N4O3/c1-3-30-20(29)27-8-9-31-18(12-27)17-10-13(2)25-19-11-16(26-28(17)19)14-4-6-15(7-5-14)21(22,23)24/h10-11,14-15,18H,3-9,12H2,1-2H3/t14?,15?,18-/m0/s1. The molecule has 2 aliphatic rings. The molecule has 0 aromatic carbocycles. The van der Waals surface area contributed by atoms with Crippen LogP contribution in [-0.4, -0.2) is 58.1 Å². The molecule has 10 heteroatoms. The van der Waals surface area contributed by atoms with Gasteiger partial charge >= 0.3 is 12.3 Å². The molecule has 0 spiro atoms. The maximum atomic E-state index is 13.0. The predicted octanol–water partition coefficient (Wildman–Crippen LogP) is 4.40. The second-order valence-corrected chi connectivity index (χ2v) is 8.26. The normalized spacial score (nSPS) is 25.1. The van der Waals surface area contributed by atoms with Crippen molar-refractivity contribution in [1.82, 2.24) is 19.5 Å². The summed E-state index contributed by atoms with van der Waals surface area (Å²) in [6, 6.07) is 3.74. The average Bonchev–Trinajstić information content (AvgIpc) is 3.17. The Morgan fingerprint density at radius 3 is 2.68 bits per heavy atom. The number of aromatic nitrogens is 3. The van der Waals surface area contributed by atoms with E-state index in [0.717, 1.165) is 17.1 Å². The van der Waals surface area contributed by atoms with E-state index in [0.29, 0.717) is 44.8 Å². The summed E-state index contributed by atoms with van der Waals surface area (Å²) >= 11 is 0. The smallest absolute Gasteiger partial charge is 0.409 e. The molecule has 0 radical (unpaired) electrons. The highest BCUT2D eigenvalue weighted by atomic mass is 19.4. The Balaban J connectivity index is 1.57. The lowest BCUT2D eigenvalue weighted by Gasteiger charge is -2.32. The van der Waals surface area contributed by atoms with Crippen LogP contribution in [0.25, 0.3) is 5.65 Å². The van der Waals surface area contributed by atoms with Gasteiger partial charge in [-0.15, -0.1) is 0 Å². The van der Waals surface area contributed by atoms with Gasteiger partial charge in [0.05, 0.1) is 37.1 Å². The molecule has 1 aliphatic heterocycles. The summed E-state index contributed by atoms with van der Waals surface area (Å²) in [5.74, 6) is -1.24. The van der Waals surface area contributed by atoms with E-state index in [1.165, 1.54) is 0 Å². The van der Waals surface area contributed by atoms with Gasteiger partial charge in [-0.1, -0.05) is 0 Å². The molecular formula is C21H27F3N4O3. The van der Waals surface area contributed by atoms with Crippen LogP contribution in [0.1, 0.15) is 61.7 Å². The lowest BCUT2D eigenvalue weighted by molar-refractivity contribution is -0.182. The first-order chi connectivity index (χ1) is 14.8. The second kappa shape index (κ2) is 8.64. The van der Waals surface area contributed by atoms with Crippen LogP contribution in [0.3, 0.4) is 0 Å². The Kier molecular flexibility index (Phi) is 6.09. The van der Waals surface area contributed by atoms with Crippen molar-refractivity contribution in [2.75, 3.05) is 26.3 Å². The quantitative estimate of drug-likeness (QED) is 0.708. The van der Waals surface area contributed by atoms with Gasteiger partial charge in [-0.25, -0.2) is 14.3 Å². The molecule has 4 rings (SSSR count). The highest BCUT2D eigenvalue weighted by molar-refractivity contribution is 5.67. The summed E-state index contributed by atoms with van der Waals surface area (Å²) in [6.07, 6.45) is -3.73. The van der Waals surface area contributed by atoms with E-state index in [2.05, 4.69) is 4.98 Å². The number of carbonyl (C=O) groups excluding carboxylic acids is 1. The average molecular weight is 440 g/mol. The third kappa shape index (κ3) is 4.63. The first-order valence-electron chi connectivity index (χ1n) is 10.7. The molecule has 1 saturated heterocycles. The molecule has 1 saturated carbocycles. The van der Waals surface area contributed by atoms with Crippen molar-refractivity contribution in [3.05, 3.63) is 29.2 Å². The van der Waals surface area contributed by atoms with Crippen LogP contribution >= 0.6 is 0 Å². The maximum absolute atomic E-state index is 13.0. The zero-order valence-electron chi connectivity index (χ0n) is 17.7. The van der Waals surface area contributed by atoms with Crippen molar-refractivity contribution in [3.8, 4) is 0 Å². The number of hydrogen-bond donors (Lipinski definition) is 0. The molecule has 2 aromatic rings. The van der Waals surface area contributed by atoms with Gasteiger partial charge in [0, 0.05) is 24.2 Å². The predicted molar refractivity (Wildman–Crippen MR) is 106 cm³/mol. The summed E-state index contributed by atoms with van der Waals surface area (Å²) in [5, 5.41) is 4.70. The fourth-order valence-electron chi connectivity index (χ4n) is 4.50. The fourth-order valence-corrected chi connectivity index (χ4v) is 4.50. The number of hydrogen-bond acceptors (Lipinski definition) is 5. The van der Waals surface area contributed by atoms with Crippen LogP contribution in [0.2, 0.25) is 0 Å². The maximum Gasteiger partial charge on any atom is 0.409 e. The van der Waals surface area contributed by atoms with Gasteiger partial charge in [-0.2, -0.15) is 18.3 Å². The summed E-state index contributed by atoms with van der Waals surface area (Å²) in [4.78, 5) is 18.3. The Morgan fingerprint density at radius 1 is 1.26 bits per heavy atom. The van der Waals surface area contributed by atoms with Gasteiger partial charge in [0.15, 0.2) is 5.65 Å². The molecule has 1 aliphatic carbocycles. The van der Waals surface area contributed by atoms with Crippen molar-refractivity contribution in [3.63, 3.8) is 0 Å². The van der Waals surface area contributed by atoms with Crippen molar-refractivity contribution < 1.29 is 27.4 Å². The molecule has 1 atom stereocenters. The topological polar surface area (TPSA) is 69.0 Å². The summed E-state index contributed by atoms with van der Waals surface area (Å²) in [5.41, 5.74) is 2.95. The fraction of sp³-hybridized carbons (Fsp3) is 0.667. The minimum Gasteiger partial charge on any atom is -0.450 e. The van der Waals surface area contributed by atoms with Crippen LogP contribution in [0.4, 0.5) is 18.0 Å². The van der Waals surface area contributed by atoms with Crippen molar-refractivity contribution >= 4 is 11.7 Å². The molecule has 170 valence electrons. The van der Waals surface area contributed by atoms with Gasteiger partial charge in [0.25, 0.3) is 0 Å². The monoisotopic (exact) mass is 440 g/mol. The molecule has 3 heterocycles. The zero-order valence-corrected chi connectivity index (χ0v) is 17.7. The van der Waals surface area contributed by atoms with E-state index in [1.807, 2.05) is 19.1 Å². The Morgan fingerprint density at radius 2 is 2.00 bits per heavy atom. The minimum atomic E-state index is -4.13.